The molecule has 3 heteroatoms. The van der Waals surface area contributed by atoms with E-state index in [-0.39, 0.29) is 0 Å². The molecule has 0 N–H and O–H groups in total. The van der Waals surface area contributed by atoms with E-state index in [4.69, 9.17) is 9.16 Å². The molecule has 0 aromatic carbocycles. The Kier molecular flexibility index (Phi) is 4.05. The van der Waals surface area contributed by atoms with Crippen molar-refractivity contribution in [3.8, 4) is 0 Å². The highest BCUT2D eigenvalue weighted by atomic mass is 28.4. The molecule has 0 heterocycles. The van der Waals surface area contributed by atoms with Gasteiger partial charge in [-0.05, 0) is 45.3 Å². The zero-order valence-electron chi connectivity index (χ0n) is 9.85. The fourth-order valence-corrected chi connectivity index (χ4v) is 2.50. The van der Waals surface area contributed by atoms with E-state index >= 15 is 0 Å². The molecule has 1 rings (SSSR count). The van der Waals surface area contributed by atoms with Gasteiger partial charge in [-0.15, -0.1) is 0 Å². The molecule has 14 heavy (non-hydrogen) atoms. The molecule has 0 radical (unpaired) electrons. The van der Waals surface area contributed by atoms with Crippen molar-refractivity contribution in [2.75, 3.05) is 7.11 Å². The van der Waals surface area contributed by atoms with E-state index in [9.17, 15) is 0 Å². The molecule has 1 saturated carbocycles. The Labute approximate surface area is 88.4 Å². The van der Waals surface area contributed by atoms with Gasteiger partial charge in [0.05, 0.1) is 7.11 Å². The summed E-state index contributed by atoms with van der Waals surface area (Å²) in [5.41, 5.74) is 1.39. The van der Waals surface area contributed by atoms with E-state index in [1.807, 2.05) is 0 Å². The lowest BCUT2D eigenvalue weighted by Crippen LogP contribution is -2.26. The minimum absolute atomic E-state index is 0.823. The molecule has 82 valence electrons. The van der Waals surface area contributed by atoms with Crippen LogP contribution in [0.2, 0.25) is 19.6 Å². The first-order chi connectivity index (χ1) is 6.53. The second-order valence-electron chi connectivity index (χ2n) is 4.87. The zero-order chi connectivity index (χ0) is 10.6. The van der Waals surface area contributed by atoms with Crippen LogP contribution < -0.4 is 0 Å². The first-order valence-corrected chi connectivity index (χ1v) is 8.89. The molecule has 1 aliphatic rings. The molecule has 0 amide bonds. The number of allylic oxidation sites excluding steroid dienone is 1. The summed E-state index contributed by atoms with van der Waals surface area (Å²) in [4.78, 5) is 0. The predicted molar refractivity (Wildman–Crippen MR) is 61.6 cm³/mol. The van der Waals surface area contributed by atoms with Crippen molar-refractivity contribution in [3.05, 3.63) is 11.5 Å². The second-order valence-corrected chi connectivity index (χ2v) is 9.30. The van der Waals surface area contributed by atoms with Crippen molar-refractivity contribution < 1.29 is 9.16 Å². The normalized spacial score (nSPS) is 17.9. The average Bonchev–Trinajstić information content (AvgIpc) is 2.14. The maximum Gasteiger partial charge on any atom is 0.264 e. The van der Waals surface area contributed by atoms with Crippen LogP contribution in [0.1, 0.15) is 32.1 Å². The van der Waals surface area contributed by atoms with Crippen LogP contribution in [-0.2, 0) is 9.16 Å². The number of methoxy groups -OCH3 is 1. The van der Waals surface area contributed by atoms with Gasteiger partial charge in [-0.25, -0.2) is 0 Å². The molecule has 0 aliphatic heterocycles. The van der Waals surface area contributed by atoms with Crippen molar-refractivity contribution in [2.45, 2.75) is 51.7 Å². The summed E-state index contributed by atoms with van der Waals surface area (Å²) < 4.78 is 11.3. The Balaban J connectivity index is 2.67. The zero-order valence-corrected chi connectivity index (χ0v) is 10.9. The van der Waals surface area contributed by atoms with E-state index in [0.717, 1.165) is 18.8 Å². The monoisotopic (exact) mass is 214 g/mol. The number of hydrogen-bond donors (Lipinski definition) is 0. The quantitative estimate of drug-likeness (QED) is 0.527. The highest BCUT2D eigenvalue weighted by Gasteiger charge is 2.21. The van der Waals surface area contributed by atoms with Crippen molar-refractivity contribution in [1.29, 1.82) is 0 Å². The molecular weight excluding hydrogens is 192 g/mol. The molecule has 0 bridgehead atoms. The highest BCUT2D eigenvalue weighted by molar-refractivity contribution is 6.70. The Morgan fingerprint density at radius 2 is 1.64 bits per heavy atom. The fraction of sp³-hybridized carbons (Fsp3) is 0.818. The molecule has 0 saturated heterocycles. The van der Waals surface area contributed by atoms with E-state index in [1.165, 1.54) is 24.8 Å². The molecular formula is C11H22O2Si. The van der Waals surface area contributed by atoms with Crippen molar-refractivity contribution >= 4 is 8.32 Å². The van der Waals surface area contributed by atoms with Crippen LogP contribution in [0.15, 0.2) is 11.5 Å². The van der Waals surface area contributed by atoms with Crippen LogP contribution in [0.5, 0.6) is 0 Å². The standard InChI is InChI=1S/C11H22O2Si/c1-12-11(13-14(2,3)4)10-8-6-5-7-9-10/h5-9H2,1-4H3. The van der Waals surface area contributed by atoms with Gasteiger partial charge in [-0.2, -0.15) is 0 Å². The molecule has 2 nitrogen and oxygen atoms in total. The summed E-state index contributed by atoms with van der Waals surface area (Å²) >= 11 is 0. The fourth-order valence-electron chi connectivity index (χ4n) is 1.72. The van der Waals surface area contributed by atoms with Crippen LogP contribution >= 0.6 is 0 Å². The molecule has 0 spiro atoms. The Hall–Kier alpha value is -0.443. The summed E-state index contributed by atoms with van der Waals surface area (Å²) in [7, 11) is 0.211. The first kappa shape index (κ1) is 11.6. The summed E-state index contributed by atoms with van der Waals surface area (Å²) in [6.45, 7) is 6.57. The summed E-state index contributed by atoms with van der Waals surface area (Å²) in [5, 5.41) is 0. The predicted octanol–water partition coefficient (Wildman–Crippen LogP) is 3.66. The number of ether oxygens (including phenoxy) is 1. The van der Waals surface area contributed by atoms with Gasteiger partial charge in [0.2, 0.25) is 8.32 Å². The first-order valence-electron chi connectivity index (χ1n) is 5.48. The number of hydrogen-bond acceptors (Lipinski definition) is 2. The van der Waals surface area contributed by atoms with Crippen LogP contribution in [0, 0.1) is 0 Å². The Morgan fingerprint density at radius 1 is 1.07 bits per heavy atom. The third-order valence-corrected chi connectivity index (χ3v) is 3.13. The van der Waals surface area contributed by atoms with Crippen molar-refractivity contribution in [2.24, 2.45) is 0 Å². The summed E-state index contributed by atoms with van der Waals surface area (Å²) in [5.74, 6) is 0.823. The SMILES string of the molecule is COC(O[Si](C)(C)C)=C1CCCCC1. The molecule has 0 aromatic heterocycles. The van der Waals surface area contributed by atoms with Gasteiger partial charge in [0.1, 0.15) is 0 Å². The van der Waals surface area contributed by atoms with E-state index in [0.29, 0.717) is 0 Å². The molecule has 1 aliphatic carbocycles. The van der Waals surface area contributed by atoms with Crippen molar-refractivity contribution in [1.82, 2.24) is 0 Å². The van der Waals surface area contributed by atoms with Crippen LogP contribution in [0.25, 0.3) is 0 Å². The van der Waals surface area contributed by atoms with Gasteiger partial charge in [-0.1, -0.05) is 6.42 Å². The third kappa shape index (κ3) is 3.74. The highest BCUT2D eigenvalue weighted by Crippen LogP contribution is 2.27. The average molecular weight is 214 g/mol. The van der Waals surface area contributed by atoms with Crippen LogP contribution in [0.3, 0.4) is 0 Å². The minimum atomic E-state index is -1.51. The smallest absolute Gasteiger partial charge is 0.264 e. The summed E-state index contributed by atoms with van der Waals surface area (Å²) in [6.07, 6.45) is 6.25. The van der Waals surface area contributed by atoms with E-state index < -0.39 is 8.32 Å². The van der Waals surface area contributed by atoms with E-state index in [1.54, 1.807) is 7.11 Å². The Morgan fingerprint density at radius 3 is 2.07 bits per heavy atom. The maximum absolute atomic E-state index is 5.92. The van der Waals surface area contributed by atoms with Crippen LogP contribution in [-0.4, -0.2) is 15.4 Å². The Bertz CT molecular complexity index is 208. The minimum Gasteiger partial charge on any atom is -0.520 e. The number of rotatable bonds is 3. The van der Waals surface area contributed by atoms with Gasteiger partial charge in [-0.3, -0.25) is 0 Å². The van der Waals surface area contributed by atoms with E-state index in [2.05, 4.69) is 19.6 Å². The summed E-state index contributed by atoms with van der Waals surface area (Å²) in [6, 6.07) is 0. The molecule has 0 aromatic rings. The van der Waals surface area contributed by atoms with Gasteiger partial charge in [0, 0.05) is 5.57 Å². The largest absolute Gasteiger partial charge is 0.520 e. The van der Waals surface area contributed by atoms with Gasteiger partial charge < -0.3 is 9.16 Å². The topological polar surface area (TPSA) is 18.5 Å². The molecule has 0 atom stereocenters. The molecule has 0 unspecified atom stereocenters. The van der Waals surface area contributed by atoms with Gasteiger partial charge in [0.15, 0.2) is 0 Å². The van der Waals surface area contributed by atoms with Crippen molar-refractivity contribution in [3.63, 3.8) is 0 Å². The lowest BCUT2D eigenvalue weighted by molar-refractivity contribution is 0.138. The molecule has 1 fully saturated rings. The maximum atomic E-state index is 5.92. The van der Waals surface area contributed by atoms with Crippen LogP contribution in [0.4, 0.5) is 0 Å². The van der Waals surface area contributed by atoms with Gasteiger partial charge >= 0.3 is 0 Å². The third-order valence-electron chi connectivity index (χ3n) is 2.33. The van der Waals surface area contributed by atoms with Gasteiger partial charge in [0.25, 0.3) is 5.95 Å². The lowest BCUT2D eigenvalue weighted by Gasteiger charge is -2.24. The second kappa shape index (κ2) is 4.87. The lowest BCUT2D eigenvalue weighted by atomic mass is 9.96.